The van der Waals surface area contributed by atoms with Crippen molar-refractivity contribution in [3.8, 4) is 0 Å². The minimum atomic E-state index is -2.46. The van der Waals surface area contributed by atoms with Gasteiger partial charge in [-0.15, -0.1) is 0 Å². The third kappa shape index (κ3) is 3.58. The highest BCUT2D eigenvalue weighted by atomic mass is 19.3. The van der Waals surface area contributed by atoms with Gasteiger partial charge in [-0.25, -0.2) is 8.78 Å². The van der Waals surface area contributed by atoms with Crippen molar-refractivity contribution < 1.29 is 8.78 Å². The van der Waals surface area contributed by atoms with Crippen molar-refractivity contribution in [2.45, 2.75) is 19.4 Å². The number of para-hydroxylation sites is 1. The Kier molecular flexibility index (Phi) is 5.28. The standard InChI is InChI=1S/C17H20F2N2/c1-2-21(15-9-4-3-5-10-15)16(12-20)13-7-6-8-14(11-13)17(18)19/h3-11,16-17H,2,12,20H2,1H3. The number of anilines is 1. The highest BCUT2D eigenvalue weighted by Gasteiger charge is 2.19. The van der Waals surface area contributed by atoms with Gasteiger partial charge in [0.1, 0.15) is 0 Å². The summed E-state index contributed by atoms with van der Waals surface area (Å²) in [7, 11) is 0. The number of halogens is 2. The molecular weight excluding hydrogens is 270 g/mol. The summed E-state index contributed by atoms with van der Waals surface area (Å²) in [5, 5.41) is 0. The Labute approximate surface area is 124 Å². The van der Waals surface area contributed by atoms with Crippen molar-refractivity contribution >= 4 is 5.69 Å². The van der Waals surface area contributed by atoms with Gasteiger partial charge in [0.25, 0.3) is 6.43 Å². The highest BCUT2D eigenvalue weighted by Crippen LogP contribution is 2.28. The van der Waals surface area contributed by atoms with Crippen LogP contribution in [0.1, 0.15) is 30.5 Å². The third-order valence-corrected chi connectivity index (χ3v) is 3.58. The van der Waals surface area contributed by atoms with E-state index in [4.69, 9.17) is 5.73 Å². The van der Waals surface area contributed by atoms with Gasteiger partial charge in [-0.1, -0.05) is 36.4 Å². The van der Waals surface area contributed by atoms with Crippen molar-refractivity contribution in [1.82, 2.24) is 0 Å². The van der Waals surface area contributed by atoms with E-state index in [0.29, 0.717) is 6.54 Å². The number of likely N-dealkylation sites (N-methyl/N-ethyl adjacent to an activating group) is 1. The van der Waals surface area contributed by atoms with Gasteiger partial charge < -0.3 is 10.6 Å². The molecule has 2 nitrogen and oxygen atoms in total. The van der Waals surface area contributed by atoms with Crippen LogP contribution in [-0.4, -0.2) is 13.1 Å². The Morgan fingerprint density at radius 1 is 1.00 bits per heavy atom. The van der Waals surface area contributed by atoms with E-state index in [1.807, 2.05) is 43.3 Å². The molecule has 0 heterocycles. The molecule has 0 bridgehead atoms. The molecule has 2 rings (SSSR count). The lowest BCUT2D eigenvalue weighted by Gasteiger charge is -2.32. The van der Waals surface area contributed by atoms with Gasteiger partial charge in [0.15, 0.2) is 0 Å². The van der Waals surface area contributed by atoms with Gasteiger partial charge >= 0.3 is 0 Å². The summed E-state index contributed by atoms with van der Waals surface area (Å²) in [5.74, 6) is 0. The van der Waals surface area contributed by atoms with Gasteiger partial charge in [-0.2, -0.15) is 0 Å². The first-order valence-corrected chi connectivity index (χ1v) is 7.07. The molecule has 0 spiro atoms. The molecule has 112 valence electrons. The van der Waals surface area contributed by atoms with E-state index in [2.05, 4.69) is 4.90 Å². The molecule has 0 aliphatic heterocycles. The summed E-state index contributed by atoms with van der Waals surface area (Å²) in [6.45, 7) is 3.16. The minimum absolute atomic E-state index is 0.0371. The van der Waals surface area contributed by atoms with Gasteiger partial charge in [0, 0.05) is 24.3 Å². The molecule has 0 saturated carbocycles. The molecule has 2 aromatic carbocycles. The predicted octanol–water partition coefficient (Wildman–Crippen LogP) is 4.15. The van der Waals surface area contributed by atoms with Crippen molar-refractivity contribution in [3.05, 3.63) is 65.7 Å². The molecule has 0 aliphatic carbocycles. The van der Waals surface area contributed by atoms with Crippen LogP contribution >= 0.6 is 0 Å². The van der Waals surface area contributed by atoms with Crippen molar-refractivity contribution in [2.75, 3.05) is 18.0 Å². The first kappa shape index (κ1) is 15.4. The first-order chi connectivity index (χ1) is 10.2. The Morgan fingerprint density at radius 2 is 1.67 bits per heavy atom. The summed E-state index contributed by atoms with van der Waals surface area (Å²) in [6.07, 6.45) is -2.46. The lowest BCUT2D eigenvalue weighted by molar-refractivity contribution is 0.151. The quantitative estimate of drug-likeness (QED) is 0.866. The molecule has 0 aromatic heterocycles. The summed E-state index contributed by atoms with van der Waals surface area (Å²) < 4.78 is 25.8. The average Bonchev–Trinajstić information content (AvgIpc) is 2.53. The fourth-order valence-corrected chi connectivity index (χ4v) is 2.55. The molecule has 2 N–H and O–H groups in total. The minimum Gasteiger partial charge on any atom is -0.363 e. The fourth-order valence-electron chi connectivity index (χ4n) is 2.55. The van der Waals surface area contributed by atoms with E-state index in [9.17, 15) is 8.78 Å². The van der Waals surface area contributed by atoms with Crippen LogP contribution in [0.25, 0.3) is 0 Å². The van der Waals surface area contributed by atoms with Crippen molar-refractivity contribution in [1.29, 1.82) is 0 Å². The number of nitrogens with two attached hydrogens (primary N) is 1. The normalized spacial score (nSPS) is 12.4. The molecule has 0 fully saturated rings. The van der Waals surface area contributed by atoms with Crippen LogP contribution in [0.5, 0.6) is 0 Å². The van der Waals surface area contributed by atoms with E-state index < -0.39 is 6.43 Å². The lowest BCUT2D eigenvalue weighted by atomic mass is 10.0. The Hall–Kier alpha value is -1.94. The molecule has 0 aliphatic rings. The zero-order chi connectivity index (χ0) is 15.2. The van der Waals surface area contributed by atoms with Crippen LogP contribution in [-0.2, 0) is 0 Å². The summed E-state index contributed by atoms with van der Waals surface area (Å²) >= 11 is 0. The van der Waals surface area contributed by atoms with Gasteiger partial charge in [-0.05, 0) is 30.7 Å². The second-order valence-electron chi connectivity index (χ2n) is 4.84. The molecule has 1 unspecified atom stereocenters. The van der Waals surface area contributed by atoms with E-state index in [1.165, 1.54) is 6.07 Å². The maximum Gasteiger partial charge on any atom is 0.263 e. The molecule has 0 radical (unpaired) electrons. The SMILES string of the molecule is CCN(c1ccccc1)C(CN)c1cccc(C(F)F)c1. The van der Waals surface area contributed by atoms with Gasteiger partial charge in [-0.3, -0.25) is 0 Å². The average molecular weight is 290 g/mol. The Bertz CT molecular complexity index is 558. The smallest absolute Gasteiger partial charge is 0.263 e. The summed E-state index contributed by atoms with van der Waals surface area (Å²) in [5.41, 5.74) is 7.81. The van der Waals surface area contributed by atoms with Crippen molar-refractivity contribution in [3.63, 3.8) is 0 Å². The van der Waals surface area contributed by atoms with E-state index in [1.54, 1.807) is 12.1 Å². The highest BCUT2D eigenvalue weighted by molar-refractivity contribution is 5.49. The molecule has 1 atom stereocenters. The zero-order valence-electron chi connectivity index (χ0n) is 12.0. The monoisotopic (exact) mass is 290 g/mol. The lowest BCUT2D eigenvalue weighted by Crippen LogP contribution is -2.33. The molecular formula is C17H20F2N2. The van der Waals surface area contributed by atoms with Gasteiger partial charge in [0.2, 0.25) is 0 Å². The van der Waals surface area contributed by atoms with Crippen LogP contribution < -0.4 is 10.6 Å². The topological polar surface area (TPSA) is 29.3 Å². The number of nitrogens with zero attached hydrogens (tertiary/aromatic N) is 1. The second-order valence-corrected chi connectivity index (χ2v) is 4.84. The van der Waals surface area contributed by atoms with Crippen LogP contribution in [0.2, 0.25) is 0 Å². The number of benzene rings is 2. The fraction of sp³-hybridized carbons (Fsp3) is 0.294. The number of alkyl halides is 2. The predicted molar refractivity (Wildman–Crippen MR) is 82.7 cm³/mol. The molecule has 4 heteroatoms. The van der Waals surface area contributed by atoms with Crippen LogP contribution in [0.4, 0.5) is 14.5 Å². The maximum absolute atomic E-state index is 12.9. The van der Waals surface area contributed by atoms with E-state index in [0.717, 1.165) is 17.8 Å². The first-order valence-electron chi connectivity index (χ1n) is 7.07. The second kappa shape index (κ2) is 7.18. The maximum atomic E-state index is 12.9. The van der Waals surface area contributed by atoms with Gasteiger partial charge in [0.05, 0.1) is 6.04 Å². The number of rotatable bonds is 6. The summed E-state index contributed by atoms with van der Waals surface area (Å²) in [6, 6.07) is 16.3. The van der Waals surface area contributed by atoms with E-state index in [-0.39, 0.29) is 11.6 Å². The Balaban J connectivity index is 2.35. The largest absolute Gasteiger partial charge is 0.363 e. The zero-order valence-corrected chi connectivity index (χ0v) is 12.0. The number of hydrogen-bond acceptors (Lipinski definition) is 2. The van der Waals surface area contributed by atoms with E-state index >= 15 is 0 Å². The summed E-state index contributed by atoms with van der Waals surface area (Å²) in [4.78, 5) is 2.13. The van der Waals surface area contributed by atoms with Crippen LogP contribution in [0.15, 0.2) is 54.6 Å². The third-order valence-electron chi connectivity index (χ3n) is 3.58. The van der Waals surface area contributed by atoms with Crippen LogP contribution in [0, 0.1) is 0 Å². The Morgan fingerprint density at radius 3 is 2.24 bits per heavy atom. The molecule has 2 aromatic rings. The molecule has 21 heavy (non-hydrogen) atoms. The number of hydrogen-bond donors (Lipinski definition) is 1. The van der Waals surface area contributed by atoms with Crippen LogP contribution in [0.3, 0.4) is 0 Å². The molecule has 0 saturated heterocycles. The van der Waals surface area contributed by atoms with Crippen molar-refractivity contribution in [2.24, 2.45) is 5.73 Å². The molecule has 0 amide bonds.